The van der Waals surface area contributed by atoms with Gasteiger partial charge < -0.3 is 9.84 Å². The Morgan fingerprint density at radius 3 is 3.07 bits per heavy atom. The summed E-state index contributed by atoms with van der Waals surface area (Å²) >= 11 is 0. The van der Waals surface area contributed by atoms with Crippen molar-refractivity contribution in [2.45, 2.75) is 0 Å². The van der Waals surface area contributed by atoms with Gasteiger partial charge in [-0.15, -0.1) is 0 Å². The Kier molecular flexibility index (Phi) is 1.81. The normalized spacial score (nSPS) is 10.4. The largest absolute Gasteiger partial charge is 0.492 e. The van der Waals surface area contributed by atoms with Crippen LogP contribution >= 0.6 is 0 Å². The van der Waals surface area contributed by atoms with E-state index in [4.69, 9.17) is 9.84 Å². The topological polar surface area (TPSA) is 88.1 Å². The summed E-state index contributed by atoms with van der Waals surface area (Å²) in [6.07, 6.45) is 3.06. The van der Waals surface area contributed by atoms with E-state index in [1.165, 1.54) is 13.3 Å². The van der Waals surface area contributed by atoms with Crippen molar-refractivity contribution in [1.29, 1.82) is 0 Å². The van der Waals surface area contributed by atoms with E-state index in [1.54, 1.807) is 6.20 Å². The van der Waals surface area contributed by atoms with Crippen LogP contribution in [0.1, 0.15) is 10.5 Å². The molecule has 0 aromatic carbocycles. The zero-order valence-corrected chi connectivity index (χ0v) is 7.31. The molecule has 0 atom stereocenters. The molecule has 6 nitrogen and oxygen atoms in total. The molecule has 14 heavy (non-hydrogen) atoms. The van der Waals surface area contributed by atoms with Crippen LogP contribution in [0.5, 0.6) is 5.75 Å². The highest BCUT2D eigenvalue weighted by atomic mass is 16.5. The number of carboxylic acids is 1. The van der Waals surface area contributed by atoms with Crippen molar-refractivity contribution in [3.8, 4) is 5.75 Å². The van der Waals surface area contributed by atoms with Crippen LogP contribution in [0.15, 0.2) is 12.4 Å². The van der Waals surface area contributed by atoms with Gasteiger partial charge in [-0.2, -0.15) is 5.10 Å². The lowest BCUT2D eigenvalue weighted by Gasteiger charge is -2.03. The van der Waals surface area contributed by atoms with Gasteiger partial charge in [-0.3, -0.25) is 5.10 Å². The number of ether oxygens (including phenoxy) is 1. The Bertz CT molecular complexity index is 492. The number of aromatic amines is 1. The van der Waals surface area contributed by atoms with Gasteiger partial charge in [-0.1, -0.05) is 0 Å². The third kappa shape index (κ3) is 1.08. The molecule has 0 radical (unpaired) electrons. The van der Waals surface area contributed by atoms with E-state index in [-0.39, 0.29) is 11.4 Å². The molecule has 2 N–H and O–H groups in total. The van der Waals surface area contributed by atoms with Crippen LogP contribution in [0, 0.1) is 0 Å². The predicted octanol–water partition coefficient (Wildman–Crippen LogP) is 0.665. The summed E-state index contributed by atoms with van der Waals surface area (Å²) in [7, 11) is 1.39. The number of pyridine rings is 1. The molecule has 0 aliphatic rings. The predicted molar refractivity (Wildman–Crippen MR) is 47.4 cm³/mol. The molecule has 0 saturated carbocycles. The quantitative estimate of drug-likeness (QED) is 0.731. The van der Waals surface area contributed by atoms with Crippen LogP contribution in [0.3, 0.4) is 0 Å². The van der Waals surface area contributed by atoms with Gasteiger partial charge in [0, 0.05) is 17.8 Å². The number of rotatable bonds is 2. The van der Waals surface area contributed by atoms with E-state index in [1.807, 2.05) is 0 Å². The number of fused-ring (bicyclic) bond motifs is 1. The summed E-state index contributed by atoms with van der Waals surface area (Å²) in [6.45, 7) is 0. The number of hydrogen-bond donors (Lipinski definition) is 2. The van der Waals surface area contributed by atoms with Crippen molar-refractivity contribution in [1.82, 2.24) is 15.2 Å². The smallest absolute Gasteiger partial charge is 0.358 e. The van der Waals surface area contributed by atoms with Crippen LogP contribution in [0.2, 0.25) is 0 Å². The number of carboxylic acid groups (broad SMARTS) is 1. The second-order valence-corrected chi connectivity index (χ2v) is 2.63. The monoisotopic (exact) mass is 193 g/mol. The summed E-state index contributed by atoms with van der Waals surface area (Å²) < 4.78 is 4.95. The third-order valence-electron chi connectivity index (χ3n) is 1.84. The summed E-state index contributed by atoms with van der Waals surface area (Å²) in [5.74, 6) is -0.956. The standard InChI is InChI=1S/C8H7N3O3/c1-14-7-5-4(3-10-11-5)2-9-6(7)8(12)13/h2-3H,1H3,(H,10,11)(H,12,13). The van der Waals surface area contributed by atoms with Gasteiger partial charge >= 0.3 is 5.97 Å². The number of aromatic carboxylic acids is 1. The number of hydrogen-bond acceptors (Lipinski definition) is 4. The second kappa shape index (κ2) is 2.99. The highest BCUT2D eigenvalue weighted by Gasteiger charge is 2.17. The van der Waals surface area contributed by atoms with Crippen molar-refractivity contribution in [3.05, 3.63) is 18.1 Å². The van der Waals surface area contributed by atoms with Crippen molar-refractivity contribution in [3.63, 3.8) is 0 Å². The summed E-state index contributed by atoms with van der Waals surface area (Å²) in [5.41, 5.74) is 0.340. The Hall–Kier alpha value is -2.11. The van der Waals surface area contributed by atoms with Crippen molar-refractivity contribution < 1.29 is 14.6 Å². The molecule has 0 bridgehead atoms. The Balaban J connectivity index is 2.78. The lowest BCUT2D eigenvalue weighted by molar-refractivity contribution is 0.0687. The second-order valence-electron chi connectivity index (χ2n) is 2.63. The first kappa shape index (κ1) is 8.49. The Labute approximate surface area is 78.5 Å². The van der Waals surface area contributed by atoms with Crippen molar-refractivity contribution in [2.75, 3.05) is 7.11 Å². The van der Waals surface area contributed by atoms with Gasteiger partial charge in [-0.05, 0) is 0 Å². The van der Waals surface area contributed by atoms with E-state index >= 15 is 0 Å². The molecule has 2 aromatic rings. The maximum atomic E-state index is 10.8. The maximum Gasteiger partial charge on any atom is 0.358 e. The number of carbonyl (C=O) groups is 1. The van der Waals surface area contributed by atoms with E-state index in [2.05, 4.69) is 15.2 Å². The van der Waals surface area contributed by atoms with E-state index < -0.39 is 5.97 Å². The van der Waals surface area contributed by atoms with Crippen LogP contribution in [-0.2, 0) is 0 Å². The van der Waals surface area contributed by atoms with E-state index in [0.717, 1.165) is 0 Å². The zero-order valence-electron chi connectivity index (χ0n) is 7.31. The van der Waals surface area contributed by atoms with Gasteiger partial charge in [0.15, 0.2) is 11.4 Å². The Morgan fingerprint density at radius 2 is 2.43 bits per heavy atom. The fourth-order valence-electron chi connectivity index (χ4n) is 1.23. The number of H-pyrrole nitrogens is 1. The lowest BCUT2D eigenvalue weighted by Crippen LogP contribution is -2.03. The highest BCUT2D eigenvalue weighted by Crippen LogP contribution is 2.25. The Morgan fingerprint density at radius 1 is 1.64 bits per heavy atom. The van der Waals surface area contributed by atoms with Crippen molar-refractivity contribution in [2.24, 2.45) is 0 Å². The fraction of sp³-hybridized carbons (Fsp3) is 0.125. The first-order chi connectivity index (χ1) is 6.74. The minimum Gasteiger partial charge on any atom is -0.492 e. The lowest BCUT2D eigenvalue weighted by atomic mass is 10.2. The molecule has 2 aromatic heterocycles. The molecule has 0 fully saturated rings. The van der Waals surface area contributed by atoms with Crippen LogP contribution in [-0.4, -0.2) is 33.4 Å². The molecule has 0 unspecified atom stereocenters. The molecule has 2 heterocycles. The molecule has 6 heteroatoms. The molecular formula is C8H7N3O3. The third-order valence-corrected chi connectivity index (χ3v) is 1.84. The minimum absolute atomic E-state index is 0.132. The molecule has 2 rings (SSSR count). The average Bonchev–Trinajstić information content (AvgIpc) is 2.63. The first-order valence-electron chi connectivity index (χ1n) is 3.84. The molecule has 0 aliphatic carbocycles. The van der Waals surface area contributed by atoms with Gasteiger partial charge in [0.05, 0.1) is 7.11 Å². The molecule has 0 saturated heterocycles. The summed E-state index contributed by atoms with van der Waals surface area (Å²) in [4.78, 5) is 14.5. The molecule has 0 amide bonds. The SMILES string of the molecule is COc1c(C(=O)O)ncc2c[nH]nc12. The van der Waals surface area contributed by atoms with E-state index in [9.17, 15) is 4.79 Å². The van der Waals surface area contributed by atoms with Crippen LogP contribution in [0.25, 0.3) is 10.9 Å². The van der Waals surface area contributed by atoms with Gasteiger partial charge in [0.1, 0.15) is 5.52 Å². The van der Waals surface area contributed by atoms with Gasteiger partial charge in [0.2, 0.25) is 0 Å². The van der Waals surface area contributed by atoms with Crippen LogP contribution in [0.4, 0.5) is 0 Å². The first-order valence-corrected chi connectivity index (χ1v) is 3.84. The van der Waals surface area contributed by atoms with E-state index in [0.29, 0.717) is 10.9 Å². The molecule has 72 valence electrons. The highest BCUT2D eigenvalue weighted by molar-refractivity contribution is 5.96. The number of nitrogens with one attached hydrogen (secondary N) is 1. The van der Waals surface area contributed by atoms with Crippen LogP contribution < -0.4 is 4.74 Å². The fourth-order valence-corrected chi connectivity index (χ4v) is 1.23. The summed E-state index contributed by atoms with van der Waals surface area (Å²) in [5, 5.41) is 16.0. The zero-order chi connectivity index (χ0) is 10.1. The van der Waals surface area contributed by atoms with Gasteiger partial charge in [-0.25, -0.2) is 9.78 Å². The maximum absolute atomic E-state index is 10.8. The molecule has 0 aliphatic heterocycles. The summed E-state index contributed by atoms with van der Waals surface area (Å²) in [6, 6.07) is 0. The molecular weight excluding hydrogens is 186 g/mol. The van der Waals surface area contributed by atoms with Crippen molar-refractivity contribution >= 4 is 16.9 Å². The molecule has 0 spiro atoms. The number of nitrogens with zero attached hydrogens (tertiary/aromatic N) is 2. The number of methoxy groups -OCH3 is 1. The van der Waals surface area contributed by atoms with Gasteiger partial charge in [0.25, 0.3) is 0 Å². The average molecular weight is 193 g/mol. The minimum atomic E-state index is -1.13. The number of aromatic nitrogens is 3.